The second-order valence-electron chi connectivity index (χ2n) is 6.19. The zero-order chi connectivity index (χ0) is 19.9. The number of para-hydroxylation sites is 1. The molecule has 1 amide bonds. The van der Waals surface area contributed by atoms with Crippen LogP contribution in [0.1, 0.15) is 11.1 Å². The molecule has 3 rings (SSSR count). The van der Waals surface area contributed by atoms with Crippen molar-refractivity contribution in [3.63, 3.8) is 0 Å². The number of aryl methyl sites for hydroxylation is 1. The number of esters is 1. The summed E-state index contributed by atoms with van der Waals surface area (Å²) in [5.41, 5.74) is 2.46. The van der Waals surface area contributed by atoms with Gasteiger partial charge in [0, 0.05) is 12.2 Å². The maximum atomic E-state index is 12.3. The van der Waals surface area contributed by atoms with Crippen molar-refractivity contribution in [2.45, 2.75) is 13.5 Å². The molecule has 1 aliphatic heterocycles. The lowest BCUT2D eigenvalue weighted by atomic mass is 10.1. The first kappa shape index (κ1) is 19.2. The molecule has 0 atom stereocenters. The van der Waals surface area contributed by atoms with Gasteiger partial charge < -0.3 is 20.1 Å². The van der Waals surface area contributed by atoms with E-state index in [4.69, 9.17) is 9.47 Å². The normalized spacial score (nSPS) is 13.1. The van der Waals surface area contributed by atoms with E-state index in [9.17, 15) is 14.4 Å². The number of Topliss-reactive ketones (excluding diaryl/α,β-unsaturated/α-hetero) is 1. The van der Waals surface area contributed by atoms with E-state index in [0.717, 1.165) is 11.1 Å². The van der Waals surface area contributed by atoms with Gasteiger partial charge in [-0.3, -0.25) is 9.59 Å². The number of rotatable bonds is 7. The largest absolute Gasteiger partial charge is 0.470 e. The summed E-state index contributed by atoms with van der Waals surface area (Å²) in [6, 6.07) is 16.6. The highest BCUT2D eigenvalue weighted by Gasteiger charge is 2.32. The van der Waals surface area contributed by atoms with Crippen LogP contribution in [-0.2, 0) is 30.4 Å². The van der Waals surface area contributed by atoms with E-state index in [-0.39, 0.29) is 18.1 Å². The summed E-state index contributed by atoms with van der Waals surface area (Å²) < 4.78 is 10.2. The second-order valence-corrected chi connectivity index (χ2v) is 6.19. The van der Waals surface area contributed by atoms with E-state index in [0.29, 0.717) is 12.2 Å². The molecule has 0 aromatic heterocycles. The Balaban J connectivity index is 1.56. The van der Waals surface area contributed by atoms with Crippen LogP contribution >= 0.6 is 0 Å². The minimum Gasteiger partial charge on any atom is -0.470 e. The van der Waals surface area contributed by atoms with Crippen LogP contribution in [0.2, 0.25) is 0 Å². The summed E-state index contributed by atoms with van der Waals surface area (Å²) in [6.07, 6.45) is 0. The Hall–Kier alpha value is -3.61. The molecule has 0 fully saturated rings. The van der Waals surface area contributed by atoms with Gasteiger partial charge in [-0.15, -0.1) is 0 Å². The Bertz CT molecular complexity index is 921. The first-order chi connectivity index (χ1) is 13.5. The summed E-state index contributed by atoms with van der Waals surface area (Å²) in [7, 11) is 0. The monoisotopic (exact) mass is 380 g/mol. The average Bonchev–Trinajstić information content (AvgIpc) is 3.06. The first-order valence-corrected chi connectivity index (χ1v) is 8.75. The van der Waals surface area contributed by atoms with Gasteiger partial charge in [-0.05, 0) is 30.2 Å². The van der Waals surface area contributed by atoms with Crippen molar-refractivity contribution < 1.29 is 23.9 Å². The standard InChI is InChI=1S/C21H20N2O5/c1-14-7-5-6-8-15(14)11-22-18(25)13-28-21(26)19-17(24)12-27-20(19)23-16-9-3-2-4-10-16/h2-10,23H,11-13H2,1H3,(H,22,25). The third-order valence-electron chi connectivity index (χ3n) is 4.16. The van der Waals surface area contributed by atoms with Crippen LogP contribution in [-0.4, -0.2) is 30.9 Å². The predicted molar refractivity (Wildman–Crippen MR) is 102 cm³/mol. The van der Waals surface area contributed by atoms with Gasteiger partial charge in [-0.25, -0.2) is 4.79 Å². The predicted octanol–water partition coefficient (Wildman–Crippen LogP) is 2.08. The van der Waals surface area contributed by atoms with Gasteiger partial charge in [0.25, 0.3) is 5.91 Å². The van der Waals surface area contributed by atoms with E-state index in [1.54, 1.807) is 24.3 Å². The number of amides is 1. The summed E-state index contributed by atoms with van der Waals surface area (Å²) in [6.45, 7) is 1.54. The molecule has 144 valence electrons. The van der Waals surface area contributed by atoms with Crippen molar-refractivity contribution >= 4 is 23.3 Å². The third kappa shape index (κ3) is 4.76. The maximum Gasteiger partial charge on any atom is 0.347 e. The van der Waals surface area contributed by atoms with Gasteiger partial charge in [0.1, 0.15) is 0 Å². The SMILES string of the molecule is Cc1ccccc1CNC(=O)COC(=O)C1=C(Nc2ccccc2)OCC1=O. The molecule has 28 heavy (non-hydrogen) atoms. The lowest BCUT2D eigenvalue weighted by Crippen LogP contribution is -2.29. The molecule has 0 unspecified atom stereocenters. The van der Waals surface area contributed by atoms with Crippen molar-refractivity contribution in [3.05, 3.63) is 77.2 Å². The molecule has 0 saturated carbocycles. The van der Waals surface area contributed by atoms with E-state index in [1.165, 1.54) is 0 Å². The van der Waals surface area contributed by atoms with E-state index in [2.05, 4.69) is 10.6 Å². The maximum absolute atomic E-state index is 12.3. The van der Waals surface area contributed by atoms with Gasteiger partial charge in [-0.2, -0.15) is 0 Å². The molecule has 1 heterocycles. The van der Waals surface area contributed by atoms with Crippen LogP contribution in [0.25, 0.3) is 0 Å². The molecule has 0 spiro atoms. The molecular formula is C21H20N2O5. The lowest BCUT2D eigenvalue weighted by molar-refractivity contribution is -0.145. The van der Waals surface area contributed by atoms with Crippen LogP contribution < -0.4 is 10.6 Å². The highest BCUT2D eigenvalue weighted by molar-refractivity contribution is 6.20. The molecule has 0 bridgehead atoms. The Morgan fingerprint density at radius 3 is 2.54 bits per heavy atom. The fourth-order valence-electron chi connectivity index (χ4n) is 2.62. The molecular weight excluding hydrogens is 360 g/mol. The molecule has 0 aliphatic carbocycles. The van der Waals surface area contributed by atoms with Gasteiger partial charge in [-0.1, -0.05) is 42.5 Å². The van der Waals surface area contributed by atoms with E-state index < -0.39 is 24.3 Å². The highest BCUT2D eigenvalue weighted by atomic mass is 16.5. The molecule has 2 aromatic carbocycles. The number of ketones is 1. The Labute approximate surface area is 162 Å². The number of hydrogen-bond acceptors (Lipinski definition) is 6. The topological polar surface area (TPSA) is 93.7 Å². The Kier molecular flexibility index (Phi) is 6.06. The molecule has 2 N–H and O–H groups in total. The van der Waals surface area contributed by atoms with E-state index >= 15 is 0 Å². The van der Waals surface area contributed by atoms with Crippen molar-refractivity contribution in [2.24, 2.45) is 0 Å². The molecule has 7 heteroatoms. The number of nitrogens with one attached hydrogen (secondary N) is 2. The number of carbonyl (C=O) groups excluding carboxylic acids is 3. The minimum atomic E-state index is -0.896. The zero-order valence-electron chi connectivity index (χ0n) is 15.4. The summed E-state index contributed by atoms with van der Waals surface area (Å²) in [5, 5.41) is 5.56. The quantitative estimate of drug-likeness (QED) is 0.564. The molecule has 0 saturated heterocycles. The third-order valence-corrected chi connectivity index (χ3v) is 4.16. The van der Waals surface area contributed by atoms with Crippen molar-refractivity contribution in [1.29, 1.82) is 0 Å². The Morgan fingerprint density at radius 1 is 1.07 bits per heavy atom. The van der Waals surface area contributed by atoms with Crippen LogP contribution in [0.3, 0.4) is 0 Å². The van der Waals surface area contributed by atoms with Crippen LogP contribution in [0.5, 0.6) is 0 Å². The number of anilines is 1. The van der Waals surface area contributed by atoms with Crippen LogP contribution in [0.15, 0.2) is 66.1 Å². The van der Waals surface area contributed by atoms with Crippen molar-refractivity contribution in [1.82, 2.24) is 5.32 Å². The fraction of sp³-hybridized carbons (Fsp3) is 0.190. The van der Waals surface area contributed by atoms with Gasteiger partial charge in [0.15, 0.2) is 18.8 Å². The molecule has 1 aliphatic rings. The second kappa shape index (κ2) is 8.85. The minimum absolute atomic E-state index is 0.0292. The number of ether oxygens (including phenoxy) is 2. The summed E-state index contributed by atoms with van der Waals surface area (Å²) >= 11 is 0. The number of carbonyl (C=O) groups is 3. The fourth-order valence-corrected chi connectivity index (χ4v) is 2.62. The number of hydrogen-bond donors (Lipinski definition) is 2. The summed E-state index contributed by atoms with van der Waals surface area (Å²) in [4.78, 5) is 36.2. The molecule has 2 aromatic rings. The average molecular weight is 380 g/mol. The van der Waals surface area contributed by atoms with Crippen molar-refractivity contribution in [3.8, 4) is 0 Å². The zero-order valence-corrected chi connectivity index (χ0v) is 15.4. The lowest BCUT2D eigenvalue weighted by Gasteiger charge is -2.10. The van der Waals surface area contributed by atoms with Crippen LogP contribution in [0.4, 0.5) is 5.69 Å². The van der Waals surface area contributed by atoms with E-state index in [1.807, 2.05) is 37.3 Å². The van der Waals surface area contributed by atoms with Gasteiger partial charge >= 0.3 is 5.97 Å². The van der Waals surface area contributed by atoms with Crippen LogP contribution in [0, 0.1) is 6.92 Å². The van der Waals surface area contributed by atoms with Crippen molar-refractivity contribution in [2.75, 3.05) is 18.5 Å². The first-order valence-electron chi connectivity index (χ1n) is 8.75. The van der Waals surface area contributed by atoms with Gasteiger partial charge in [0.05, 0.1) is 0 Å². The summed E-state index contributed by atoms with van der Waals surface area (Å²) in [5.74, 6) is -1.82. The number of benzene rings is 2. The molecule has 0 radical (unpaired) electrons. The molecule has 7 nitrogen and oxygen atoms in total. The smallest absolute Gasteiger partial charge is 0.347 e. The highest BCUT2D eigenvalue weighted by Crippen LogP contribution is 2.20. The Morgan fingerprint density at radius 2 is 1.79 bits per heavy atom. The van der Waals surface area contributed by atoms with Gasteiger partial charge in [0.2, 0.25) is 11.7 Å².